The van der Waals surface area contributed by atoms with Crippen molar-refractivity contribution in [2.45, 2.75) is 18.9 Å². The largest absolute Gasteiger partial charge is 0.381 e. The second-order valence-electron chi connectivity index (χ2n) is 5.21. The molecule has 0 aromatic heterocycles. The number of piperidine rings is 1. The maximum absolute atomic E-state index is 13.2. The van der Waals surface area contributed by atoms with Crippen LogP contribution in [0.15, 0.2) is 22.7 Å². The van der Waals surface area contributed by atoms with Crippen LogP contribution in [0.25, 0.3) is 0 Å². The van der Waals surface area contributed by atoms with Crippen molar-refractivity contribution in [3.05, 3.63) is 28.5 Å². The predicted molar refractivity (Wildman–Crippen MR) is 81.4 cm³/mol. The summed E-state index contributed by atoms with van der Waals surface area (Å²) in [5.41, 5.74) is 0.766. The third kappa shape index (κ3) is 3.62. The van der Waals surface area contributed by atoms with Crippen molar-refractivity contribution in [2.24, 2.45) is 0 Å². The Morgan fingerprint density at radius 1 is 1.40 bits per heavy atom. The Morgan fingerprint density at radius 3 is 2.65 bits per heavy atom. The van der Waals surface area contributed by atoms with E-state index >= 15 is 0 Å². The van der Waals surface area contributed by atoms with Crippen molar-refractivity contribution in [2.75, 3.05) is 32.5 Å². The number of nitrogens with one attached hydrogen (secondary N) is 1. The Hall–Kier alpha value is -1.30. The lowest BCUT2D eigenvalue weighted by Gasteiger charge is -2.34. The zero-order valence-corrected chi connectivity index (χ0v) is 13.3. The van der Waals surface area contributed by atoms with Gasteiger partial charge in [0.2, 0.25) is 0 Å². The molecule has 1 fully saturated rings. The van der Waals surface area contributed by atoms with E-state index in [1.165, 1.54) is 12.1 Å². The summed E-state index contributed by atoms with van der Waals surface area (Å²) in [4.78, 5) is 15.3. The lowest BCUT2D eigenvalue weighted by Crippen LogP contribution is -2.46. The van der Waals surface area contributed by atoms with Gasteiger partial charge in [-0.1, -0.05) is 0 Å². The third-order valence-corrected chi connectivity index (χ3v) is 4.13. The smallest absolute Gasteiger partial charge is 0.319 e. The van der Waals surface area contributed by atoms with E-state index in [4.69, 9.17) is 0 Å². The summed E-state index contributed by atoms with van der Waals surface area (Å²) >= 11 is 3.41. The highest BCUT2D eigenvalue weighted by molar-refractivity contribution is 9.10. The fraction of sp³-hybridized carbons (Fsp3) is 0.500. The average molecular weight is 344 g/mol. The van der Waals surface area contributed by atoms with Gasteiger partial charge in [0.15, 0.2) is 0 Å². The molecule has 20 heavy (non-hydrogen) atoms. The van der Waals surface area contributed by atoms with Gasteiger partial charge in [0.25, 0.3) is 0 Å². The zero-order valence-electron chi connectivity index (χ0n) is 11.7. The molecule has 1 aromatic carbocycles. The third-order valence-electron chi connectivity index (χ3n) is 3.44. The van der Waals surface area contributed by atoms with Gasteiger partial charge in [-0.25, -0.2) is 9.18 Å². The first-order valence-electron chi connectivity index (χ1n) is 6.65. The molecular formula is C14H19BrFN3O. The molecule has 6 heteroatoms. The molecule has 0 bridgehead atoms. The lowest BCUT2D eigenvalue weighted by molar-refractivity contribution is 0.158. The van der Waals surface area contributed by atoms with Crippen LogP contribution in [-0.4, -0.2) is 49.1 Å². The standard InChI is InChI=1S/C14H19BrFN3O/c1-18(2)14(20)19-7-5-11(6-8-19)17-13-9-10(16)3-4-12(13)15/h3-4,9,11,17H,5-8H2,1-2H3. The molecule has 1 aromatic rings. The van der Waals surface area contributed by atoms with Gasteiger partial charge in [-0.15, -0.1) is 0 Å². The van der Waals surface area contributed by atoms with Crippen LogP contribution in [0.4, 0.5) is 14.9 Å². The molecule has 1 saturated heterocycles. The first-order valence-corrected chi connectivity index (χ1v) is 7.44. The average Bonchev–Trinajstić information content (AvgIpc) is 2.43. The lowest BCUT2D eigenvalue weighted by atomic mass is 10.0. The fourth-order valence-corrected chi connectivity index (χ4v) is 2.69. The molecule has 0 atom stereocenters. The quantitative estimate of drug-likeness (QED) is 0.895. The van der Waals surface area contributed by atoms with E-state index in [2.05, 4.69) is 21.2 Å². The second kappa shape index (κ2) is 6.43. The van der Waals surface area contributed by atoms with Crippen molar-refractivity contribution in [3.63, 3.8) is 0 Å². The van der Waals surface area contributed by atoms with Crippen LogP contribution in [0, 0.1) is 5.82 Å². The maximum Gasteiger partial charge on any atom is 0.319 e. The second-order valence-corrected chi connectivity index (χ2v) is 6.06. The predicted octanol–water partition coefficient (Wildman–Crippen LogP) is 3.15. The minimum atomic E-state index is -0.254. The van der Waals surface area contributed by atoms with E-state index in [1.807, 2.05) is 4.90 Å². The summed E-state index contributed by atoms with van der Waals surface area (Å²) in [5.74, 6) is -0.254. The number of hydrogen-bond acceptors (Lipinski definition) is 2. The van der Waals surface area contributed by atoms with Gasteiger partial charge in [-0.05, 0) is 47.0 Å². The number of carbonyl (C=O) groups excluding carboxylic acids is 1. The fourth-order valence-electron chi connectivity index (χ4n) is 2.33. The summed E-state index contributed by atoms with van der Waals surface area (Å²) in [6.07, 6.45) is 1.73. The first kappa shape index (κ1) is 15.1. The first-order chi connectivity index (χ1) is 9.47. The van der Waals surface area contributed by atoms with Crippen molar-refractivity contribution in [1.29, 1.82) is 0 Å². The van der Waals surface area contributed by atoms with Gasteiger partial charge in [-0.3, -0.25) is 0 Å². The number of halogens is 2. The maximum atomic E-state index is 13.2. The van der Waals surface area contributed by atoms with Gasteiger partial charge in [0.1, 0.15) is 5.82 Å². The Balaban J connectivity index is 1.91. The molecule has 2 amide bonds. The molecule has 1 aliphatic heterocycles. The molecule has 1 heterocycles. The monoisotopic (exact) mass is 343 g/mol. The topological polar surface area (TPSA) is 35.6 Å². The van der Waals surface area contributed by atoms with Gasteiger partial charge in [0.05, 0.1) is 5.69 Å². The van der Waals surface area contributed by atoms with Crippen LogP contribution < -0.4 is 5.32 Å². The zero-order chi connectivity index (χ0) is 14.7. The molecule has 0 saturated carbocycles. The summed E-state index contributed by atoms with van der Waals surface area (Å²) < 4.78 is 14.1. The van der Waals surface area contributed by atoms with E-state index in [0.717, 1.165) is 36.1 Å². The van der Waals surface area contributed by atoms with E-state index in [9.17, 15) is 9.18 Å². The van der Waals surface area contributed by atoms with Crippen LogP contribution in [0.3, 0.4) is 0 Å². The molecule has 4 nitrogen and oxygen atoms in total. The van der Waals surface area contributed by atoms with E-state index < -0.39 is 0 Å². The van der Waals surface area contributed by atoms with Crippen molar-refractivity contribution >= 4 is 27.6 Å². The van der Waals surface area contributed by atoms with Gasteiger partial charge in [-0.2, -0.15) is 0 Å². The van der Waals surface area contributed by atoms with Crippen LogP contribution in [-0.2, 0) is 0 Å². The molecule has 1 aliphatic rings. The summed E-state index contributed by atoms with van der Waals surface area (Å²) in [6.45, 7) is 1.45. The SMILES string of the molecule is CN(C)C(=O)N1CCC(Nc2cc(F)ccc2Br)CC1. The number of anilines is 1. The summed E-state index contributed by atoms with van der Waals surface area (Å²) in [5, 5.41) is 3.34. The summed E-state index contributed by atoms with van der Waals surface area (Å²) in [7, 11) is 3.52. The number of rotatable bonds is 2. The normalized spacial score (nSPS) is 16.1. The number of urea groups is 1. The van der Waals surface area contributed by atoms with Gasteiger partial charge < -0.3 is 15.1 Å². The molecule has 0 aliphatic carbocycles. The Labute approximate surface area is 127 Å². The van der Waals surface area contributed by atoms with Crippen molar-refractivity contribution in [1.82, 2.24) is 9.80 Å². The molecule has 2 rings (SSSR count). The van der Waals surface area contributed by atoms with E-state index in [0.29, 0.717) is 0 Å². The number of hydrogen-bond donors (Lipinski definition) is 1. The number of benzene rings is 1. The molecular weight excluding hydrogens is 325 g/mol. The van der Waals surface area contributed by atoms with Crippen molar-refractivity contribution < 1.29 is 9.18 Å². The minimum Gasteiger partial charge on any atom is -0.381 e. The molecule has 0 unspecified atom stereocenters. The minimum absolute atomic E-state index is 0.0513. The molecule has 110 valence electrons. The highest BCUT2D eigenvalue weighted by atomic mass is 79.9. The number of likely N-dealkylation sites (tertiary alicyclic amines) is 1. The van der Waals surface area contributed by atoms with Crippen LogP contribution in [0.2, 0.25) is 0 Å². The van der Waals surface area contributed by atoms with Crippen LogP contribution >= 0.6 is 15.9 Å². The highest BCUT2D eigenvalue weighted by Gasteiger charge is 2.23. The Kier molecular flexibility index (Phi) is 4.86. The van der Waals surface area contributed by atoms with E-state index in [1.54, 1.807) is 25.1 Å². The number of amides is 2. The van der Waals surface area contributed by atoms with Crippen LogP contribution in [0.5, 0.6) is 0 Å². The van der Waals surface area contributed by atoms with Crippen molar-refractivity contribution in [3.8, 4) is 0 Å². The van der Waals surface area contributed by atoms with Crippen LogP contribution in [0.1, 0.15) is 12.8 Å². The summed E-state index contributed by atoms with van der Waals surface area (Å²) in [6, 6.07) is 4.92. The Morgan fingerprint density at radius 2 is 2.05 bits per heavy atom. The number of carbonyl (C=O) groups is 1. The molecule has 0 radical (unpaired) electrons. The molecule has 0 spiro atoms. The van der Waals surface area contributed by atoms with Gasteiger partial charge >= 0.3 is 6.03 Å². The van der Waals surface area contributed by atoms with Gasteiger partial charge in [0, 0.05) is 37.7 Å². The number of nitrogens with zero attached hydrogens (tertiary/aromatic N) is 2. The molecule has 1 N–H and O–H groups in total. The Bertz CT molecular complexity index is 487. The highest BCUT2D eigenvalue weighted by Crippen LogP contribution is 2.26. The van der Waals surface area contributed by atoms with E-state index in [-0.39, 0.29) is 17.9 Å².